The Balaban J connectivity index is 2.08. The third kappa shape index (κ3) is 5.97. The first-order chi connectivity index (χ1) is 13.8. The number of benzene rings is 1. The molecule has 2 amide bonds. The fourth-order valence-electron chi connectivity index (χ4n) is 2.64. The maximum atomic E-state index is 13.8. The molecule has 8 heteroatoms. The third-order valence-electron chi connectivity index (χ3n) is 4.17. The van der Waals surface area contributed by atoms with E-state index < -0.39 is 35.1 Å². The molecule has 6 nitrogen and oxygen atoms in total. The maximum absolute atomic E-state index is 13.8. The Morgan fingerprint density at radius 1 is 1.14 bits per heavy atom. The average Bonchev–Trinajstić information content (AvgIpc) is 2.68. The summed E-state index contributed by atoms with van der Waals surface area (Å²) in [6.07, 6.45) is 2.41. The van der Waals surface area contributed by atoms with Crippen molar-refractivity contribution in [1.82, 2.24) is 15.6 Å². The van der Waals surface area contributed by atoms with Gasteiger partial charge in [-0.1, -0.05) is 32.9 Å². The molecule has 0 saturated heterocycles. The van der Waals surface area contributed by atoms with Crippen molar-refractivity contribution in [1.29, 1.82) is 0 Å². The largest absolute Gasteiger partial charge is 0.477 e. The van der Waals surface area contributed by atoms with Crippen molar-refractivity contribution >= 4 is 11.8 Å². The second-order valence-corrected chi connectivity index (χ2v) is 6.83. The van der Waals surface area contributed by atoms with Crippen LogP contribution >= 0.6 is 0 Å². The van der Waals surface area contributed by atoms with E-state index in [4.69, 9.17) is 4.74 Å². The minimum absolute atomic E-state index is 0.138. The second-order valence-electron chi connectivity index (χ2n) is 6.83. The standard InChI is InChI=1S/C21H25F2N3O3/c1-4-11-29-21-14(7-6-10-24-21)12-25-20(28)18(13(2)3)26-19(27)17-15(22)8-5-9-16(17)23/h5-10,13,18H,4,11-12H2,1-3H3,(H,25,28)(H,26,27). The van der Waals surface area contributed by atoms with Gasteiger partial charge in [-0.25, -0.2) is 13.8 Å². The van der Waals surface area contributed by atoms with E-state index in [9.17, 15) is 18.4 Å². The van der Waals surface area contributed by atoms with E-state index in [2.05, 4.69) is 15.6 Å². The molecular formula is C21H25F2N3O3. The summed E-state index contributed by atoms with van der Waals surface area (Å²) in [5.41, 5.74) is -0.0308. The highest BCUT2D eigenvalue weighted by atomic mass is 19.1. The first kappa shape index (κ1) is 22.3. The van der Waals surface area contributed by atoms with Gasteiger partial charge in [0.15, 0.2) is 0 Å². The van der Waals surface area contributed by atoms with Gasteiger partial charge in [-0.3, -0.25) is 9.59 Å². The van der Waals surface area contributed by atoms with Crippen molar-refractivity contribution in [2.75, 3.05) is 6.61 Å². The van der Waals surface area contributed by atoms with Crippen LogP contribution < -0.4 is 15.4 Å². The highest BCUT2D eigenvalue weighted by molar-refractivity contribution is 5.98. The molecule has 1 aromatic carbocycles. The van der Waals surface area contributed by atoms with Crippen molar-refractivity contribution in [2.24, 2.45) is 5.92 Å². The lowest BCUT2D eigenvalue weighted by Crippen LogP contribution is -2.49. The topological polar surface area (TPSA) is 80.3 Å². The smallest absolute Gasteiger partial charge is 0.257 e. The van der Waals surface area contributed by atoms with Crippen molar-refractivity contribution in [3.05, 3.63) is 59.3 Å². The molecule has 2 N–H and O–H groups in total. The Labute approximate surface area is 168 Å². The van der Waals surface area contributed by atoms with Gasteiger partial charge in [-0.15, -0.1) is 0 Å². The number of rotatable bonds is 9. The van der Waals surface area contributed by atoms with Crippen LogP contribution in [0.5, 0.6) is 5.88 Å². The number of amides is 2. The maximum Gasteiger partial charge on any atom is 0.257 e. The summed E-state index contributed by atoms with van der Waals surface area (Å²) in [5, 5.41) is 5.14. The van der Waals surface area contributed by atoms with E-state index in [0.29, 0.717) is 18.1 Å². The number of carbonyl (C=O) groups excluding carboxylic acids is 2. The number of pyridine rings is 1. The first-order valence-corrected chi connectivity index (χ1v) is 9.44. The number of carbonyl (C=O) groups is 2. The molecule has 0 radical (unpaired) electrons. The molecule has 1 unspecified atom stereocenters. The number of ether oxygens (including phenoxy) is 1. The zero-order valence-corrected chi connectivity index (χ0v) is 16.7. The summed E-state index contributed by atoms with van der Waals surface area (Å²) in [4.78, 5) is 29.2. The van der Waals surface area contributed by atoms with E-state index in [1.807, 2.05) is 6.92 Å². The van der Waals surface area contributed by atoms with Gasteiger partial charge < -0.3 is 15.4 Å². The quantitative estimate of drug-likeness (QED) is 0.671. The van der Waals surface area contributed by atoms with Crippen LogP contribution in [0.15, 0.2) is 36.5 Å². The van der Waals surface area contributed by atoms with Gasteiger partial charge in [0, 0.05) is 18.3 Å². The molecule has 2 rings (SSSR count). The van der Waals surface area contributed by atoms with Gasteiger partial charge in [0.2, 0.25) is 11.8 Å². The number of nitrogens with zero attached hydrogens (tertiary/aromatic N) is 1. The molecule has 1 heterocycles. The normalized spacial score (nSPS) is 11.8. The molecule has 0 spiro atoms. The van der Waals surface area contributed by atoms with E-state index in [0.717, 1.165) is 18.6 Å². The molecule has 1 aromatic heterocycles. The zero-order chi connectivity index (χ0) is 21.4. The van der Waals surface area contributed by atoms with Gasteiger partial charge >= 0.3 is 0 Å². The van der Waals surface area contributed by atoms with E-state index >= 15 is 0 Å². The van der Waals surface area contributed by atoms with Crippen LogP contribution in [0.25, 0.3) is 0 Å². The lowest BCUT2D eigenvalue weighted by molar-refractivity contribution is -0.124. The predicted molar refractivity (Wildman–Crippen MR) is 104 cm³/mol. The highest BCUT2D eigenvalue weighted by Crippen LogP contribution is 2.16. The molecule has 0 aliphatic heterocycles. The number of aromatic nitrogens is 1. The molecule has 0 saturated carbocycles. The van der Waals surface area contributed by atoms with Crippen molar-refractivity contribution in [3.8, 4) is 5.88 Å². The Morgan fingerprint density at radius 2 is 1.83 bits per heavy atom. The van der Waals surface area contributed by atoms with E-state index in [1.165, 1.54) is 6.07 Å². The zero-order valence-electron chi connectivity index (χ0n) is 16.7. The summed E-state index contributed by atoms with van der Waals surface area (Å²) in [7, 11) is 0. The number of nitrogens with one attached hydrogen (secondary N) is 2. The van der Waals surface area contributed by atoms with E-state index in [-0.39, 0.29) is 12.5 Å². The van der Waals surface area contributed by atoms with Crippen LogP contribution in [0.2, 0.25) is 0 Å². The van der Waals surface area contributed by atoms with Crippen LogP contribution in [0.4, 0.5) is 8.78 Å². The van der Waals surface area contributed by atoms with Crippen LogP contribution in [-0.4, -0.2) is 29.4 Å². The van der Waals surface area contributed by atoms with Gasteiger partial charge in [-0.2, -0.15) is 0 Å². The molecular weight excluding hydrogens is 380 g/mol. The number of hydrogen-bond acceptors (Lipinski definition) is 4. The highest BCUT2D eigenvalue weighted by Gasteiger charge is 2.27. The Bertz CT molecular complexity index is 839. The van der Waals surface area contributed by atoms with Crippen LogP contribution in [0, 0.1) is 17.6 Å². The molecule has 0 fully saturated rings. The first-order valence-electron chi connectivity index (χ1n) is 9.44. The van der Waals surface area contributed by atoms with Gasteiger partial charge in [0.05, 0.1) is 6.61 Å². The Morgan fingerprint density at radius 3 is 2.45 bits per heavy atom. The van der Waals surface area contributed by atoms with Gasteiger partial charge in [-0.05, 0) is 30.5 Å². The molecule has 1 atom stereocenters. The summed E-state index contributed by atoms with van der Waals surface area (Å²) in [5.74, 6) is -3.32. The Hall–Kier alpha value is -3.03. The molecule has 29 heavy (non-hydrogen) atoms. The van der Waals surface area contributed by atoms with Gasteiger partial charge in [0.1, 0.15) is 23.2 Å². The van der Waals surface area contributed by atoms with Crippen LogP contribution in [-0.2, 0) is 11.3 Å². The van der Waals surface area contributed by atoms with Crippen LogP contribution in [0.3, 0.4) is 0 Å². The minimum Gasteiger partial charge on any atom is -0.477 e. The molecule has 0 aliphatic rings. The fourth-order valence-corrected chi connectivity index (χ4v) is 2.64. The lowest BCUT2D eigenvalue weighted by Gasteiger charge is -2.22. The molecule has 0 aliphatic carbocycles. The third-order valence-corrected chi connectivity index (χ3v) is 4.17. The summed E-state index contributed by atoms with van der Waals surface area (Å²) >= 11 is 0. The minimum atomic E-state index is -0.988. The second kappa shape index (κ2) is 10.5. The average molecular weight is 405 g/mol. The number of halogens is 2. The van der Waals surface area contributed by atoms with Crippen molar-refractivity contribution in [2.45, 2.75) is 39.8 Å². The van der Waals surface area contributed by atoms with Crippen LogP contribution in [0.1, 0.15) is 43.1 Å². The molecule has 2 aromatic rings. The molecule has 156 valence electrons. The summed E-state index contributed by atoms with van der Waals surface area (Å²) in [6, 6.07) is 5.67. The summed E-state index contributed by atoms with van der Waals surface area (Å²) < 4.78 is 33.3. The van der Waals surface area contributed by atoms with Crippen molar-refractivity contribution in [3.63, 3.8) is 0 Å². The van der Waals surface area contributed by atoms with Gasteiger partial charge in [0.25, 0.3) is 5.91 Å². The van der Waals surface area contributed by atoms with E-state index in [1.54, 1.807) is 32.2 Å². The molecule has 0 bridgehead atoms. The Kier molecular flexibility index (Phi) is 8.06. The predicted octanol–water partition coefficient (Wildman–Crippen LogP) is 3.22. The van der Waals surface area contributed by atoms with Crippen molar-refractivity contribution < 1.29 is 23.1 Å². The summed E-state index contributed by atoms with van der Waals surface area (Å²) in [6.45, 7) is 6.05. The lowest BCUT2D eigenvalue weighted by atomic mass is 10.0. The fraction of sp³-hybridized carbons (Fsp3) is 0.381. The SMILES string of the molecule is CCCOc1ncccc1CNC(=O)C(NC(=O)c1c(F)cccc1F)C(C)C. The monoisotopic (exact) mass is 405 g/mol. The number of hydrogen-bond donors (Lipinski definition) is 2.